The largest absolute Gasteiger partial charge is 0.449 e. The fraction of sp³-hybridized carbons (Fsp3) is 0.148. The second kappa shape index (κ2) is 10.7. The maximum absolute atomic E-state index is 13.0. The van der Waals surface area contributed by atoms with Gasteiger partial charge >= 0.3 is 5.97 Å². The highest BCUT2D eigenvalue weighted by molar-refractivity contribution is 6.04. The highest BCUT2D eigenvalue weighted by Crippen LogP contribution is 2.16. The number of carbonyl (C=O) groups is 3. The van der Waals surface area contributed by atoms with Gasteiger partial charge in [-0.25, -0.2) is 9.48 Å². The van der Waals surface area contributed by atoms with Crippen LogP contribution in [0.15, 0.2) is 83.9 Å². The third-order valence-corrected chi connectivity index (χ3v) is 5.74. The Morgan fingerprint density at radius 2 is 1.68 bits per heavy atom. The van der Waals surface area contributed by atoms with E-state index < -0.39 is 23.5 Å². The summed E-state index contributed by atoms with van der Waals surface area (Å²) in [6, 6.07) is 18.4. The summed E-state index contributed by atoms with van der Waals surface area (Å²) in [5.74, 6) is -1.79. The second-order valence-corrected chi connectivity index (χ2v) is 8.25. The number of para-hydroxylation sites is 1. The number of aromatic nitrogens is 3. The van der Waals surface area contributed by atoms with Gasteiger partial charge in [-0.05, 0) is 56.3 Å². The van der Waals surface area contributed by atoms with E-state index >= 15 is 0 Å². The van der Waals surface area contributed by atoms with Gasteiger partial charge in [0.15, 0.2) is 6.10 Å². The molecule has 0 saturated carbocycles. The van der Waals surface area contributed by atoms with Crippen LogP contribution in [0.2, 0.25) is 0 Å². The van der Waals surface area contributed by atoms with Crippen LogP contribution in [-0.2, 0) is 16.6 Å². The standard InChI is InChI=1S/C27H25N5O5/c1-17-23(26(35)32(31(17)3)22-12-5-4-6-13-22)30-24(33)18(2)37-27(36)19-9-7-11-21(15-19)29-25(34)20-10-8-14-28-16-20/h4-16,18H,1-3H3,(H,29,34)(H,30,33)/t18-/m0/s1. The Hall–Kier alpha value is -4.99. The molecule has 2 aromatic heterocycles. The van der Waals surface area contributed by atoms with E-state index in [0.29, 0.717) is 22.6 Å². The van der Waals surface area contributed by atoms with Crippen LogP contribution < -0.4 is 16.2 Å². The smallest absolute Gasteiger partial charge is 0.338 e. The number of amides is 2. The summed E-state index contributed by atoms with van der Waals surface area (Å²) < 4.78 is 8.40. The molecule has 2 heterocycles. The minimum atomic E-state index is -1.19. The second-order valence-electron chi connectivity index (χ2n) is 8.25. The number of pyridine rings is 1. The number of nitrogens with one attached hydrogen (secondary N) is 2. The first-order valence-corrected chi connectivity index (χ1v) is 11.4. The fourth-order valence-corrected chi connectivity index (χ4v) is 3.64. The zero-order valence-electron chi connectivity index (χ0n) is 20.5. The van der Waals surface area contributed by atoms with Gasteiger partial charge in [0.1, 0.15) is 5.69 Å². The number of rotatable bonds is 7. The number of anilines is 2. The summed E-state index contributed by atoms with van der Waals surface area (Å²) in [6.07, 6.45) is 1.80. The molecular formula is C27H25N5O5. The van der Waals surface area contributed by atoms with Crippen LogP contribution in [0, 0.1) is 6.92 Å². The molecule has 37 heavy (non-hydrogen) atoms. The lowest BCUT2D eigenvalue weighted by atomic mass is 10.2. The lowest BCUT2D eigenvalue weighted by Gasteiger charge is -2.13. The van der Waals surface area contributed by atoms with Crippen LogP contribution in [0.5, 0.6) is 0 Å². The molecule has 0 fully saturated rings. The van der Waals surface area contributed by atoms with Gasteiger partial charge in [-0.1, -0.05) is 24.3 Å². The number of hydrogen-bond donors (Lipinski definition) is 2. The molecular weight excluding hydrogens is 474 g/mol. The molecule has 188 valence electrons. The van der Waals surface area contributed by atoms with Crippen LogP contribution >= 0.6 is 0 Å². The Kier molecular flexibility index (Phi) is 7.28. The maximum atomic E-state index is 13.0. The predicted octanol–water partition coefficient (Wildman–Crippen LogP) is 3.32. The zero-order chi connectivity index (χ0) is 26.5. The van der Waals surface area contributed by atoms with Crippen LogP contribution in [0.1, 0.15) is 33.3 Å². The van der Waals surface area contributed by atoms with Crippen molar-refractivity contribution in [2.75, 3.05) is 10.6 Å². The van der Waals surface area contributed by atoms with Crippen molar-refractivity contribution in [3.63, 3.8) is 0 Å². The van der Waals surface area contributed by atoms with Gasteiger partial charge in [0.25, 0.3) is 17.4 Å². The van der Waals surface area contributed by atoms with Crippen molar-refractivity contribution in [2.45, 2.75) is 20.0 Å². The molecule has 0 aliphatic heterocycles. The molecule has 0 aliphatic carbocycles. The lowest BCUT2D eigenvalue weighted by molar-refractivity contribution is -0.123. The number of esters is 1. The van der Waals surface area contributed by atoms with E-state index in [9.17, 15) is 19.2 Å². The van der Waals surface area contributed by atoms with Crippen molar-refractivity contribution in [1.29, 1.82) is 0 Å². The lowest BCUT2D eigenvalue weighted by Crippen LogP contribution is -2.32. The highest BCUT2D eigenvalue weighted by atomic mass is 16.5. The quantitative estimate of drug-likeness (QED) is 0.376. The van der Waals surface area contributed by atoms with E-state index in [1.165, 1.54) is 29.9 Å². The molecule has 0 saturated heterocycles. The molecule has 0 unspecified atom stereocenters. The third kappa shape index (κ3) is 5.48. The number of nitrogens with zero attached hydrogens (tertiary/aromatic N) is 3. The number of benzene rings is 2. The van der Waals surface area contributed by atoms with Crippen molar-refractivity contribution < 1.29 is 19.1 Å². The number of carbonyl (C=O) groups excluding carboxylic acids is 3. The molecule has 2 amide bonds. The summed E-state index contributed by atoms with van der Waals surface area (Å²) in [5.41, 5.74) is 1.76. The summed E-state index contributed by atoms with van der Waals surface area (Å²) in [6.45, 7) is 3.12. The molecule has 0 aliphatic rings. The maximum Gasteiger partial charge on any atom is 0.338 e. The van der Waals surface area contributed by atoms with E-state index in [1.54, 1.807) is 61.2 Å². The Morgan fingerprint density at radius 1 is 0.946 bits per heavy atom. The summed E-state index contributed by atoms with van der Waals surface area (Å²) in [5, 5.41) is 5.28. The van der Waals surface area contributed by atoms with Crippen LogP contribution in [0.25, 0.3) is 5.69 Å². The Balaban J connectivity index is 1.44. The molecule has 0 radical (unpaired) electrons. The predicted molar refractivity (Wildman–Crippen MR) is 138 cm³/mol. The van der Waals surface area contributed by atoms with Gasteiger partial charge in [0.05, 0.1) is 22.5 Å². The Bertz CT molecular complexity index is 1510. The average Bonchev–Trinajstić information content (AvgIpc) is 3.12. The van der Waals surface area contributed by atoms with E-state index in [-0.39, 0.29) is 17.2 Å². The van der Waals surface area contributed by atoms with Gasteiger partial charge in [-0.3, -0.25) is 24.0 Å². The molecule has 2 aromatic carbocycles. The summed E-state index contributed by atoms with van der Waals surface area (Å²) >= 11 is 0. The molecule has 10 nitrogen and oxygen atoms in total. The first-order valence-electron chi connectivity index (χ1n) is 11.4. The minimum absolute atomic E-state index is 0.0966. The molecule has 0 bridgehead atoms. The monoisotopic (exact) mass is 499 g/mol. The SMILES string of the molecule is Cc1c(NC(=O)[C@H](C)OC(=O)c2cccc(NC(=O)c3cccnc3)c2)c(=O)n(-c2ccccc2)n1C. The topological polar surface area (TPSA) is 124 Å². The number of hydrogen-bond acceptors (Lipinski definition) is 6. The molecule has 4 rings (SSSR count). The molecule has 4 aromatic rings. The molecule has 2 N–H and O–H groups in total. The molecule has 0 spiro atoms. The van der Waals surface area contributed by atoms with Crippen molar-refractivity contribution in [2.24, 2.45) is 7.05 Å². The Labute approximate surface area is 212 Å². The highest BCUT2D eigenvalue weighted by Gasteiger charge is 2.24. The van der Waals surface area contributed by atoms with Crippen LogP contribution in [0.4, 0.5) is 11.4 Å². The number of ether oxygens (including phenoxy) is 1. The van der Waals surface area contributed by atoms with Crippen molar-refractivity contribution in [1.82, 2.24) is 14.3 Å². The summed E-state index contributed by atoms with van der Waals surface area (Å²) in [4.78, 5) is 54.8. The van der Waals surface area contributed by atoms with Gasteiger partial charge in [-0.2, -0.15) is 0 Å². The fourth-order valence-electron chi connectivity index (χ4n) is 3.64. The summed E-state index contributed by atoms with van der Waals surface area (Å²) in [7, 11) is 1.71. The van der Waals surface area contributed by atoms with Crippen molar-refractivity contribution >= 4 is 29.2 Å². The Morgan fingerprint density at radius 3 is 2.38 bits per heavy atom. The van der Waals surface area contributed by atoms with Gasteiger partial charge < -0.3 is 15.4 Å². The van der Waals surface area contributed by atoms with E-state index in [2.05, 4.69) is 15.6 Å². The minimum Gasteiger partial charge on any atom is -0.449 e. The van der Waals surface area contributed by atoms with Gasteiger partial charge in [-0.15, -0.1) is 0 Å². The van der Waals surface area contributed by atoms with Crippen LogP contribution in [0.3, 0.4) is 0 Å². The van der Waals surface area contributed by atoms with Gasteiger partial charge in [0, 0.05) is 25.1 Å². The van der Waals surface area contributed by atoms with E-state index in [4.69, 9.17) is 4.74 Å². The first kappa shape index (κ1) is 25.1. The van der Waals surface area contributed by atoms with E-state index in [0.717, 1.165) is 0 Å². The van der Waals surface area contributed by atoms with E-state index in [1.807, 2.05) is 18.2 Å². The zero-order valence-corrected chi connectivity index (χ0v) is 20.5. The van der Waals surface area contributed by atoms with Crippen molar-refractivity contribution in [3.8, 4) is 5.69 Å². The average molecular weight is 500 g/mol. The van der Waals surface area contributed by atoms with Crippen LogP contribution in [-0.4, -0.2) is 38.2 Å². The third-order valence-electron chi connectivity index (χ3n) is 5.74. The molecule has 10 heteroatoms. The van der Waals surface area contributed by atoms with Gasteiger partial charge in [0.2, 0.25) is 0 Å². The van der Waals surface area contributed by atoms with Crippen molar-refractivity contribution in [3.05, 3.63) is 106 Å². The molecule has 1 atom stereocenters. The normalized spacial score (nSPS) is 11.4. The first-order chi connectivity index (χ1) is 17.8.